The second-order valence-corrected chi connectivity index (χ2v) is 12.5. The first-order valence-corrected chi connectivity index (χ1v) is 15.3. The fourth-order valence-electron chi connectivity index (χ4n) is 5.34. The molecule has 0 aliphatic heterocycles. The summed E-state index contributed by atoms with van der Waals surface area (Å²) in [6, 6.07) is 53.1. The van der Waals surface area contributed by atoms with Crippen LogP contribution >= 0.6 is 15.9 Å². The Bertz CT molecular complexity index is 1770. The molecular weight excluding hydrogens is 590 g/mol. The highest BCUT2D eigenvalue weighted by atomic mass is 79.9. The summed E-state index contributed by atoms with van der Waals surface area (Å²) in [6.07, 6.45) is 0. The van der Waals surface area contributed by atoms with Crippen molar-refractivity contribution < 1.29 is 4.74 Å². The van der Waals surface area contributed by atoms with Crippen LogP contribution in [0.2, 0.25) is 0 Å². The maximum Gasteiger partial charge on any atom is 0.129 e. The third-order valence-electron chi connectivity index (χ3n) is 7.49. The fourth-order valence-corrected chi connectivity index (χ4v) is 5.72. The van der Waals surface area contributed by atoms with Gasteiger partial charge in [0.05, 0.1) is 11.4 Å². The second kappa shape index (κ2) is 12.3. The molecule has 2 nitrogen and oxygen atoms in total. The molecule has 3 heteroatoms. The number of benzene rings is 6. The summed E-state index contributed by atoms with van der Waals surface area (Å²) in [6.45, 7) is 6.74. The quantitative estimate of drug-likeness (QED) is 0.175. The molecule has 0 N–H and O–H groups in total. The van der Waals surface area contributed by atoms with Crippen LogP contribution in [-0.2, 0) is 5.41 Å². The van der Waals surface area contributed by atoms with Crippen LogP contribution in [0.1, 0.15) is 26.3 Å². The van der Waals surface area contributed by atoms with Gasteiger partial charge in [-0.2, -0.15) is 0 Å². The van der Waals surface area contributed by atoms with E-state index in [1.165, 1.54) is 5.56 Å². The van der Waals surface area contributed by atoms with Crippen molar-refractivity contribution >= 4 is 33.0 Å². The van der Waals surface area contributed by atoms with Crippen LogP contribution in [-0.4, -0.2) is 0 Å². The zero-order chi connectivity index (χ0) is 29.8. The Balaban J connectivity index is 1.65. The molecule has 0 radical (unpaired) electrons. The Morgan fingerprint density at radius 2 is 1.07 bits per heavy atom. The predicted molar refractivity (Wildman–Crippen MR) is 185 cm³/mol. The van der Waals surface area contributed by atoms with Crippen molar-refractivity contribution in [3.63, 3.8) is 0 Å². The number of anilines is 3. The standard InChI is InChI=1S/C40H34BrNO/c1-40(2,3)31-25-34(28-36(26-31)43-35-22-13-19-32(41)27-35)42(33-20-11-6-12-21-33)39-37(29-15-7-4-8-16-29)23-14-24-38(39)30-17-9-5-10-18-30/h4-28H,1-3H3. The van der Waals surface area contributed by atoms with E-state index >= 15 is 0 Å². The summed E-state index contributed by atoms with van der Waals surface area (Å²) in [5, 5.41) is 0. The fraction of sp³-hybridized carbons (Fsp3) is 0.100. The van der Waals surface area contributed by atoms with Crippen LogP contribution in [0.25, 0.3) is 22.3 Å². The molecule has 0 spiro atoms. The van der Waals surface area contributed by atoms with Gasteiger partial charge in [-0.05, 0) is 64.6 Å². The number of hydrogen-bond acceptors (Lipinski definition) is 2. The van der Waals surface area contributed by atoms with E-state index in [4.69, 9.17) is 4.74 Å². The van der Waals surface area contributed by atoms with Gasteiger partial charge < -0.3 is 9.64 Å². The number of nitrogens with zero attached hydrogens (tertiary/aromatic N) is 1. The van der Waals surface area contributed by atoms with Crippen LogP contribution in [0.3, 0.4) is 0 Å². The molecule has 0 aliphatic rings. The van der Waals surface area contributed by atoms with E-state index in [0.29, 0.717) is 0 Å². The number of halogens is 1. The molecular formula is C40H34BrNO. The number of rotatable bonds is 7. The highest BCUT2D eigenvalue weighted by molar-refractivity contribution is 9.10. The van der Waals surface area contributed by atoms with E-state index in [1.54, 1.807) is 0 Å². The van der Waals surface area contributed by atoms with E-state index in [9.17, 15) is 0 Å². The van der Waals surface area contributed by atoms with Crippen LogP contribution in [0, 0.1) is 0 Å². The van der Waals surface area contributed by atoms with Crippen LogP contribution in [0.15, 0.2) is 156 Å². The van der Waals surface area contributed by atoms with Crippen molar-refractivity contribution in [2.45, 2.75) is 26.2 Å². The van der Waals surface area contributed by atoms with Gasteiger partial charge in [0.25, 0.3) is 0 Å². The molecule has 0 atom stereocenters. The molecule has 0 saturated carbocycles. The van der Waals surface area contributed by atoms with Gasteiger partial charge in [-0.3, -0.25) is 0 Å². The lowest BCUT2D eigenvalue weighted by Crippen LogP contribution is -2.16. The van der Waals surface area contributed by atoms with Gasteiger partial charge >= 0.3 is 0 Å². The van der Waals surface area contributed by atoms with Gasteiger partial charge in [0, 0.05) is 27.4 Å². The first-order valence-electron chi connectivity index (χ1n) is 14.5. The highest BCUT2D eigenvalue weighted by Crippen LogP contribution is 2.48. The van der Waals surface area contributed by atoms with E-state index < -0.39 is 0 Å². The third kappa shape index (κ3) is 6.43. The molecule has 6 aromatic carbocycles. The molecule has 212 valence electrons. The smallest absolute Gasteiger partial charge is 0.129 e. The zero-order valence-electron chi connectivity index (χ0n) is 24.7. The average Bonchev–Trinajstić information content (AvgIpc) is 3.02. The molecule has 6 aromatic rings. The molecule has 0 bridgehead atoms. The second-order valence-electron chi connectivity index (χ2n) is 11.6. The van der Waals surface area contributed by atoms with Crippen molar-refractivity contribution in [1.82, 2.24) is 0 Å². The molecule has 0 unspecified atom stereocenters. The van der Waals surface area contributed by atoms with Gasteiger partial charge in [0.2, 0.25) is 0 Å². The van der Waals surface area contributed by atoms with Crippen LogP contribution in [0.4, 0.5) is 17.1 Å². The van der Waals surface area contributed by atoms with Crippen molar-refractivity contribution in [3.05, 3.63) is 162 Å². The largest absolute Gasteiger partial charge is 0.457 e. The molecule has 43 heavy (non-hydrogen) atoms. The molecule has 0 aliphatic carbocycles. The lowest BCUT2D eigenvalue weighted by molar-refractivity contribution is 0.478. The maximum atomic E-state index is 6.53. The Hall–Kier alpha value is -4.60. The van der Waals surface area contributed by atoms with Gasteiger partial charge in [0.1, 0.15) is 11.5 Å². The minimum atomic E-state index is -0.102. The lowest BCUT2D eigenvalue weighted by Gasteiger charge is -2.32. The zero-order valence-corrected chi connectivity index (χ0v) is 26.3. The molecule has 0 saturated heterocycles. The van der Waals surface area contributed by atoms with Crippen molar-refractivity contribution in [3.8, 4) is 33.8 Å². The first-order chi connectivity index (χ1) is 20.9. The highest BCUT2D eigenvalue weighted by Gasteiger charge is 2.24. The summed E-state index contributed by atoms with van der Waals surface area (Å²) in [7, 11) is 0. The van der Waals surface area contributed by atoms with Gasteiger partial charge in [-0.15, -0.1) is 0 Å². The Morgan fingerprint density at radius 3 is 1.63 bits per heavy atom. The van der Waals surface area contributed by atoms with E-state index in [-0.39, 0.29) is 5.41 Å². The Morgan fingerprint density at radius 1 is 0.512 bits per heavy atom. The lowest BCUT2D eigenvalue weighted by atomic mass is 9.86. The van der Waals surface area contributed by atoms with Gasteiger partial charge in [-0.1, -0.05) is 140 Å². The van der Waals surface area contributed by atoms with Crippen molar-refractivity contribution in [2.75, 3.05) is 4.90 Å². The summed E-state index contributed by atoms with van der Waals surface area (Å²) in [5.74, 6) is 1.58. The number of hydrogen-bond donors (Lipinski definition) is 0. The topological polar surface area (TPSA) is 12.5 Å². The predicted octanol–water partition coefficient (Wildman–Crippen LogP) is 12.3. The average molecular weight is 625 g/mol. The molecule has 0 amide bonds. The van der Waals surface area contributed by atoms with Crippen molar-refractivity contribution in [2.24, 2.45) is 0 Å². The minimum absolute atomic E-state index is 0.102. The first kappa shape index (κ1) is 28.5. The normalized spacial score (nSPS) is 11.3. The third-order valence-corrected chi connectivity index (χ3v) is 7.98. The Labute approximate surface area is 263 Å². The summed E-state index contributed by atoms with van der Waals surface area (Å²) < 4.78 is 7.51. The maximum absolute atomic E-state index is 6.53. The van der Waals surface area contributed by atoms with E-state index in [2.05, 4.69) is 169 Å². The molecule has 0 aromatic heterocycles. The van der Waals surface area contributed by atoms with Gasteiger partial charge in [0.15, 0.2) is 0 Å². The molecule has 0 fully saturated rings. The van der Waals surface area contributed by atoms with Crippen molar-refractivity contribution in [1.29, 1.82) is 0 Å². The number of para-hydroxylation sites is 2. The Kier molecular flexibility index (Phi) is 8.18. The van der Waals surface area contributed by atoms with E-state index in [1.807, 2.05) is 24.3 Å². The summed E-state index contributed by atoms with van der Waals surface area (Å²) in [4.78, 5) is 2.38. The minimum Gasteiger partial charge on any atom is -0.457 e. The van der Waals surface area contributed by atoms with Gasteiger partial charge in [-0.25, -0.2) is 0 Å². The summed E-state index contributed by atoms with van der Waals surface area (Å²) in [5.41, 5.74) is 8.94. The molecule has 6 rings (SSSR count). The SMILES string of the molecule is CC(C)(C)c1cc(Oc2cccc(Br)c2)cc(N(c2ccccc2)c2c(-c3ccccc3)cccc2-c2ccccc2)c1. The monoisotopic (exact) mass is 623 g/mol. The van der Waals surface area contributed by atoms with Crippen LogP contribution < -0.4 is 9.64 Å². The number of ether oxygens (including phenoxy) is 1. The molecule has 0 heterocycles. The van der Waals surface area contributed by atoms with Crippen LogP contribution in [0.5, 0.6) is 11.5 Å². The summed E-state index contributed by atoms with van der Waals surface area (Å²) >= 11 is 3.59. The van der Waals surface area contributed by atoms with E-state index in [0.717, 1.165) is 55.3 Å².